The summed E-state index contributed by atoms with van der Waals surface area (Å²) in [6.07, 6.45) is 4.89. The summed E-state index contributed by atoms with van der Waals surface area (Å²) in [5, 5.41) is 5.68. The molecule has 2 amide bonds. The van der Waals surface area contributed by atoms with E-state index >= 15 is 0 Å². The van der Waals surface area contributed by atoms with E-state index in [1.165, 1.54) is 6.20 Å². The highest BCUT2D eigenvalue weighted by Crippen LogP contribution is 2.11. The number of amides is 2. The average Bonchev–Trinajstić information content (AvgIpc) is 2.40. The predicted octanol–water partition coefficient (Wildman–Crippen LogP) is 3.53. The number of nitrogens with zero attached hydrogens (tertiary/aromatic N) is 1. The number of pyridine rings is 1. The monoisotopic (exact) mass is 273 g/mol. The third kappa shape index (κ3) is 4.44. The summed E-state index contributed by atoms with van der Waals surface area (Å²) in [5.41, 5.74) is 1.00. The molecule has 2 aromatic rings. The van der Waals surface area contributed by atoms with Crippen LogP contribution in [0.25, 0.3) is 6.08 Å². The summed E-state index contributed by atoms with van der Waals surface area (Å²) in [6.45, 7) is 0. The van der Waals surface area contributed by atoms with Crippen LogP contribution in [0.15, 0.2) is 54.9 Å². The molecule has 0 unspecified atom stereocenters. The predicted molar refractivity (Wildman–Crippen MR) is 76.9 cm³/mol. The molecule has 0 spiro atoms. The van der Waals surface area contributed by atoms with Gasteiger partial charge < -0.3 is 5.32 Å². The van der Waals surface area contributed by atoms with Gasteiger partial charge in [-0.1, -0.05) is 41.9 Å². The molecule has 0 aliphatic carbocycles. The zero-order chi connectivity index (χ0) is 13.5. The molecule has 1 heterocycles. The highest BCUT2D eigenvalue weighted by Gasteiger charge is 2.00. The van der Waals surface area contributed by atoms with Crippen molar-refractivity contribution in [2.45, 2.75) is 0 Å². The normalized spacial score (nSPS) is 10.4. The summed E-state index contributed by atoms with van der Waals surface area (Å²) in [7, 11) is 0. The number of nitrogens with one attached hydrogen (secondary N) is 2. The molecule has 0 fully saturated rings. The first kappa shape index (κ1) is 13.1. The molecule has 0 aliphatic rings. The number of hydrogen-bond acceptors (Lipinski definition) is 2. The van der Waals surface area contributed by atoms with Crippen molar-refractivity contribution in [1.82, 2.24) is 10.3 Å². The van der Waals surface area contributed by atoms with E-state index in [2.05, 4.69) is 15.6 Å². The maximum Gasteiger partial charge on any atom is 0.324 e. The molecule has 0 radical (unpaired) electrons. The van der Waals surface area contributed by atoms with Gasteiger partial charge in [0.1, 0.15) is 5.82 Å². The molecule has 0 saturated carbocycles. The van der Waals surface area contributed by atoms with Gasteiger partial charge >= 0.3 is 6.03 Å². The second-order valence-electron chi connectivity index (χ2n) is 3.70. The lowest BCUT2D eigenvalue weighted by Gasteiger charge is -2.03. The molecule has 0 atom stereocenters. The summed E-state index contributed by atoms with van der Waals surface area (Å²) < 4.78 is 0. The van der Waals surface area contributed by atoms with Crippen LogP contribution in [-0.2, 0) is 0 Å². The van der Waals surface area contributed by atoms with Crippen molar-refractivity contribution in [3.05, 3.63) is 65.4 Å². The number of aromatic nitrogens is 1. The number of rotatable bonds is 3. The Balaban J connectivity index is 1.87. The topological polar surface area (TPSA) is 54.0 Å². The highest BCUT2D eigenvalue weighted by atomic mass is 35.5. The summed E-state index contributed by atoms with van der Waals surface area (Å²) in [6, 6.07) is 12.5. The fourth-order valence-corrected chi connectivity index (χ4v) is 1.56. The number of benzene rings is 1. The first-order valence-corrected chi connectivity index (χ1v) is 6.02. The van der Waals surface area contributed by atoms with Crippen molar-refractivity contribution < 1.29 is 4.79 Å². The third-order valence-corrected chi connectivity index (χ3v) is 2.49. The first-order valence-electron chi connectivity index (χ1n) is 5.65. The number of carbonyl (C=O) groups is 1. The molecule has 5 heteroatoms. The highest BCUT2D eigenvalue weighted by molar-refractivity contribution is 6.30. The molecular formula is C14H12ClN3O. The molecule has 2 N–H and O–H groups in total. The molecule has 2 rings (SSSR count). The van der Waals surface area contributed by atoms with Gasteiger partial charge in [-0.15, -0.1) is 0 Å². The Bertz CT molecular complexity index is 584. The van der Waals surface area contributed by atoms with E-state index in [0.717, 1.165) is 5.56 Å². The van der Waals surface area contributed by atoms with E-state index in [1.807, 2.05) is 30.3 Å². The van der Waals surface area contributed by atoms with Gasteiger partial charge in [0, 0.05) is 17.4 Å². The van der Waals surface area contributed by atoms with Crippen LogP contribution < -0.4 is 10.6 Å². The molecule has 1 aromatic carbocycles. The standard InChI is InChI=1S/C14H12ClN3O/c15-12-7-9-16-13(10-12)18-14(19)17-8-6-11-4-2-1-3-5-11/h1-10H,(H2,16,17,18,19)/b8-6+. The van der Waals surface area contributed by atoms with E-state index in [1.54, 1.807) is 24.4 Å². The Hall–Kier alpha value is -2.33. The maximum absolute atomic E-state index is 11.6. The quantitative estimate of drug-likeness (QED) is 0.899. The van der Waals surface area contributed by atoms with E-state index in [-0.39, 0.29) is 6.03 Å². The van der Waals surface area contributed by atoms with Crippen LogP contribution in [0, 0.1) is 0 Å². The lowest BCUT2D eigenvalue weighted by molar-refractivity contribution is 0.255. The minimum absolute atomic E-state index is 0.373. The minimum Gasteiger partial charge on any atom is -0.314 e. The van der Waals surface area contributed by atoms with Gasteiger partial charge in [0.05, 0.1) is 0 Å². The van der Waals surface area contributed by atoms with E-state index in [9.17, 15) is 4.79 Å². The minimum atomic E-state index is -0.373. The molecule has 4 nitrogen and oxygen atoms in total. The van der Waals surface area contributed by atoms with Crippen LogP contribution in [0.2, 0.25) is 5.02 Å². The van der Waals surface area contributed by atoms with Crippen LogP contribution in [0.5, 0.6) is 0 Å². The lowest BCUT2D eigenvalue weighted by Crippen LogP contribution is -2.24. The fourth-order valence-electron chi connectivity index (χ4n) is 1.40. The summed E-state index contributed by atoms with van der Waals surface area (Å²) in [4.78, 5) is 15.5. The van der Waals surface area contributed by atoms with Gasteiger partial charge in [-0.25, -0.2) is 9.78 Å². The molecule has 0 bridgehead atoms. The number of anilines is 1. The molecule has 96 valence electrons. The Morgan fingerprint density at radius 2 is 2.00 bits per heavy atom. The van der Waals surface area contributed by atoms with E-state index < -0.39 is 0 Å². The zero-order valence-electron chi connectivity index (χ0n) is 10.0. The first-order chi connectivity index (χ1) is 9.24. The van der Waals surface area contributed by atoms with Gasteiger partial charge in [-0.3, -0.25) is 5.32 Å². The second-order valence-corrected chi connectivity index (χ2v) is 4.14. The van der Waals surface area contributed by atoms with Gasteiger partial charge in [0.25, 0.3) is 0 Å². The third-order valence-electron chi connectivity index (χ3n) is 2.25. The number of urea groups is 1. The van der Waals surface area contributed by atoms with Crippen LogP contribution in [-0.4, -0.2) is 11.0 Å². The Labute approximate surface area is 116 Å². The van der Waals surface area contributed by atoms with Crippen molar-refractivity contribution in [1.29, 1.82) is 0 Å². The van der Waals surface area contributed by atoms with Crippen molar-refractivity contribution in [2.75, 3.05) is 5.32 Å². The maximum atomic E-state index is 11.6. The zero-order valence-corrected chi connectivity index (χ0v) is 10.8. The summed E-state index contributed by atoms with van der Waals surface area (Å²) >= 11 is 5.79. The van der Waals surface area contributed by atoms with Gasteiger partial charge in [0.15, 0.2) is 0 Å². The lowest BCUT2D eigenvalue weighted by atomic mass is 10.2. The molecule has 0 saturated heterocycles. The fraction of sp³-hybridized carbons (Fsp3) is 0. The van der Waals surface area contributed by atoms with E-state index in [4.69, 9.17) is 11.6 Å². The van der Waals surface area contributed by atoms with E-state index in [0.29, 0.717) is 10.8 Å². The summed E-state index contributed by atoms with van der Waals surface area (Å²) in [5.74, 6) is 0.401. The molecular weight excluding hydrogens is 262 g/mol. The SMILES string of the molecule is O=C(N/C=C/c1ccccc1)Nc1cc(Cl)ccn1. The van der Waals surface area contributed by atoms with Gasteiger partial charge in [0.2, 0.25) is 0 Å². The Kier molecular flexibility index (Phi) is 4.53. The van der Waals surface area contributed by atoms with Crippen molar-refractivity contribution >= 4 is 29.5 Å². The van der Waals surface area contributed by atoms with Crippen LogP contribution in [0.1, 0.15) is 5.56 Å². The van der Waals surface area contributed by atoms with Gasteiger partial charge in [-0.05, 0) is 23.8 Å². The second kappa shape index (κ2) is 6.56. The Morgan fingerprint density at radius 1 is 1.21 bits per heavy atom. The van der Waals surface area contributed by atoms with Crippen LogP contribution in [0.4, 0.5) is 10.6 Å². The van der Waals surface area contributed by atoms with Crippen molar-refractivity contribution in [3.63, 3.8) is 0 Å². The van der Waals surface area contributed by atoms with Crippen molar-refractivity contribution in [3.8, 4) is 0 Å². The van der Waals surface area contributed by atoms with Crippen molar-refractivity contribution in [2.24, 2.45) is 0 Å². The number of halogens is 1. The van der Waals surface area contributed by atoms with Crippen LogP contribution >= 0.6 is 11.6 Å². The largest absolute Gasteiger partial charge is 0.324 e. The van der Waals surface area contributed by atoms with Crippen LogP contribution in [0.3, 0.4) is 0 Å². The number of carbonyl (C=O) groups excluding carboxylic acids is 1. The molecule has 1 aromatic heterocycles. The molecule has 19 heavy (non-hydrogen) atoms. The average molecular weight is 274 g/mol. The Morgan fingerprint density at radius 3 is 2.74 bits per heavy atom. The molecule has 0 aliphatic heterocycles. The number of hydrogen-bond donors (Lipinski definition) is 2. The van der Waals surface area contributed by atoms with Gasteiger partial charge in [-0.2, -0.15) is 0 Å². The smallest absolute Gasteiger partial charge is 0.314 e.